The molecule has 0 aliphatic carbocycles. The highest BCUT2D eigenvalue weighted by atomic mass is 19.1. The van der Waals surface area contributed by atoms with E-state index in [4.69, 9.17) is 0 Å². The number of rotatable bonds is 4. The topological polar surface area (TPSA) is 91.5 Å². The third-order valence-electron chi connectivity index (χ3n) is 3.97. The van der Waals surface area contributed by atoms with Crippen LogP contribution in [-0.2, 0) is 0 Å². The highest BCUT2D eigenvalue weighted by Gasteiger charge is 2.24. The number of anilines is 2. The predicted octanol–water partition coefficient (Wildman–Crippen LogP) is 1.17. The van der Waals surface area contributed by atoms with Crippen molar-refractivity contribution < 1.29 is 9.50 Å². The summed E-state index contributed by atoms with van der Waals surface area (Å²) in [5.74, 6) is 0.664. The van der Waals surface area contributed by atoms with Gasteiger partial charge in [0.05, 0.1) is 30.8 Å². The van der Waals surface area contributed by atoms with Crippen LogP contribution < -0.4 is 10.2 Å². The van der Waals surface area contributed by atoms with Crippen molar-refractivity contribution in [1.29, 1.82) is 0 Å². The van der Waals surface area contributed by atoms with Crippen LogP contribution in [0.25, 0.3) is 5.65 Å². The van der Waals surface area contributed by atoms with Gasteiger partial charge in [0.25, 0.3) is 0 Å². The maximum atomic E-state index is 13.4. The van der Waals surface area contributed by atoms with Crippen LogP contribution in [0.2, 0.25) is 0 Å². The molecule has 0 bridgehead atoms. The van der Waals surface area contributed by atoms with Crippen LogP contribution in [0.3, 0.4) is 0 Å². The largest absolute Gasteiger partial charge is 0.368 e. The number of aromatic nitrogens is 5. The van der Waals surface area contributed by atoms with E-state index in [2.05, 4.69) is 25.4 Å². The van der Waals surface area contributed by atoms with Crippen LogP contribution in [0.1, 0.15) is 18.3 Å². The van der Waals surface area contributed by atoms with Crippen molar-refractivity contribution in [3.05, 3.63) is 42.7 Å². The zero-order valence-electron chi connectivity index (χ0n) is 12.7. The summed E-state index contributed by atoms with van der Waals surface area (Å²) in [6.07, 6.45) is 4.74. The van der Waals surface area contributed by atoms with Gasteiger partial charge >= 0.3 is 0 Å². The average molecular weight is 329 g/mol. The van der Waals surface area contributed by atoms with E-state index in [0.29, 0.717) is 42.4 Å². The molecule has 2 atom stereocenters. The number of nitrogens with one attached hydrogen (secondary N) is 1. The summed E-state index contributed by atoms with van der Waals surface area (Å²) >= 11 is 0. The Hall–Kier alpha value is -2.81. The lowest BCUT2D eigenvalue weighted by molar-refractivity contribution is 0.200. The Kier molecular flexibility index (Phi) is 3.69. The predicted molar refractivity (Wildman–Crippen MR) is 85.3 cm³/mol. The minimum atomic E-state index is -1.03. The van der Waals surface area contributed by atoms with Crippen molar-refractivity contribution >= 4 is 17.2 Å². The number of alkyl halides is 1. The minimum Gasteiger partial charge on any atom is -0.368 e. The van der Waals surface area contributed by atoms with Crippen molar-refractivity contribution in [3.63, 3.8) is 0 Å². The van der Waals surface area contributed by atoms with E-state index in [0.717, 1.165) is 0 Å². The molecule has 0 radical (unpaired) electrons. The second kappa shape index (κ2) is 6.00. The monoisotopic (exact) mass is 329 g/mol. The first-order valence-electron chi connectivity index (χ1n) is 7.64. The molecule has 4 heterocycles. The van der Waals surface area contributed by atoms with Gasteiger partial charge in [-0.15, -0.1) is 5.10 Å². The smallest absolute Gasteiger partial charge is 0.169 e. The highest BCUT2D eigenvalue weighted by molar-refractivity contribution is 5.48. The molecule has 1 unspecified atom stereocenters. The molecule has 1 aliphatic rings. The van der Waals surface area contributed by atoms with E-state index < -0.39 is 12.4 Å². The molecule has 9 heteroatoms. The Balaban J connectivity index is 1.63. The molecule has 1 fully saturated rings. The van der Waals surface area contributed by atoms with E-state index >= 15 is 0 Å². The summed E-state index contributed by atoms with van der Waals surface area (Å²) in [6.45, 7) is 0.969. The molecule has 3 aromatic rings. The fraction of sp³-hybridized carbons (Fsp3) is 0.333. The Bertz CT molecular complexity index is 840. The Labute approximate surface area is 137 Å². The number of fused-ring (bicyclic) bond motifs is 1. The van der Waals surface area contributed by atoms with Gasteiger partial charge in [0, 0.05) is 6.54 Å². The van der Waals surface area contributed by atoms with E-state index in [9.17, 15) is 9.50 Å². The van der Waals surface area contributed by atoms with E-state index in [1.165, 1.54) is 6.33 Å². The lowest BCUT2D eigenvalue weighted by atomic mass is 10.3. The normalized spacial score (nSPS) is 18.9. The van der Waals surface area contributed by atoms with Crippen LogP contribution in [0.5, 0.6) is 0 Å². The molecule has 3 aromatic heterocycles. The summed E-state index contributed by atoms with van der Waals surface area (Å²) < 4.78 is 15.0. The van der Waals surface area contributed by atoms with Gasteiger partial charge in [0.15, 0.2) is 11.9 Å². The third-order valence-corrected chi connectivity index (χ3v) is 3.97. The van der Waals surface area contributed by atoms with E-state index in [-0.39, 0.29) is 0 Å². The SMILES string of the molecule is OC(Nc1cncnc1)c1cnc2ccc(N3CC[C@H](F)C3)nn12. The van der Waals surface area contributed by atoms with Crippen molar-refractivity contribution in [3.8, 4) is 0 Å². The van der Waals surface area contributed by atoms with Gasteiger partial charge in [-0.25, -0.2) is 23.9 Å². The number of hydrogen-bond donors (Lipinski definition) is 2. The fourth-order valence-corrected chi connectivity index (χ4v) is 2.77. The maximum absolute atomic E-state index is 13.4. The van der Waals surface area contributed by atoms with Crippen LogP contribution in [0.15, 0.2) is 37.1 Å². The molecular weight excluding hydrogens is 313 g/mol. The first-order chi connectivity index (χ1) is 11.7. The van der Waals surface area contributed by atoms with Gasteiger partial charge in [-0.1, -0.05) is 0 Å². The molecule has 2 N–H and O–H groups in total. The van der Waals surface area contributed by atoms with E-state index in [1.54, 1.807) is 29.2 Å². The lowest BCUT2D eigenvalue weighted by Gasteiger charge is -2.17. The molecule has 0 spiro atoms. The van der Waals surface area contributed by atoms with Crippen LogP contribution in [0.4, 0.5) is 15.9 Å². The van der Waals surface area contributed by atoms with Crippen LogP contribution in [0, 0.1) is 0 Å². The number of nitrogens with zero attached hydrogens (tertiary/aromatic N) is 6. The van der Waals surface area contributed by atoms with Crippen LogP contribution >= 0.6 is 0 Å². The van der Waals surface area contributed by atoms with Crippen molar-refractivity contribution in [1.82, 2.24) is 24.6 Å². The molecule has 0 aromatic carbocycles. The Morgan fingerprint density at radius 2 is 2.08 bits per heavy atom. The minimum absolute atomic E-state index is 0.338. The van der Waals surface area contributed by atoms with Crippen LogP contribution in [-0.4, -0.2) is 48.9 Å². The fourth-order valence-electron chi connectivity index (χ4n) is 2.77. The molecule has 124 valence electrons. The number of aliphatic hydroxyl groups is 1. The molecule has 8 nitrogen and oxygen atoms in total. The summed E-state index contributed by atoms with van der Waals surface area (Å²) in [6, 6.07) is 3.62. The maximum Gasteiger partial charge on any atom is 0.169 e. The third kappa shape index (κ3) is 2.73. The lowest BCUT2D eigenvalue weighted by Crippen LogP contribution is -2.22. The summed E-state index contributed by atoms with van der Waals surface area (Å²) in [5, 5.41) is 17.8. The van der Waals surface area contributed by atoms with Gasteiger partial charge in [-0.3, -0.25) is 0 Å². The quantitative estimate of drug-likeness (QED) is 0.694. The number of imidazole rings is 1. The average Bonchev–Trinajstić information content (AvgIpc) is 3.21. The van der Waals surface area contributed by atoms with Crippen molar-refractivity contribution in [2.75, 3.05) is 23.3 Å². The molecule has 4 rings (SSSR count). The Morgan fingerprint density at radius 3 is 2.83 bits per heavy atom. The number of halogens is 1. The van der Waals surface area contributed by atoms with Gasteiger partial charge in [0.1, 0.15) is 24.0 Å². The van der Waals surface area contributed by atoms with Gasteiger partial charge in [-0.2, -0.15) is 0 Å². The second-order valence-corrected chi connectivity index (χ2v) is 5.65. The molecular formula is C15H16FN7O. The Morgan fingerprint density at radius 1 is 1.25 bits per heavy atom. The first kappa shape index (κ1) is 14.8. The molecule has 24 heavy (non-hydrogen) atoms. The van der Waals surface area contributed by atoms with E-state index in [1.807, 2.05) is 11.0 Å². The zero-order chi connectivity index (χ0) is 16.5. The van der Waals surface area contributed by atoms with Gasteiger partial charge in [-0.05, 0) is 18.6 Å². The molecule has 1 saturated heterocycles. The summed E-state index contributed by atoms with van der Waals surface area (Å²) in [5.41, 5.74) is 1.66. The zero-order valence-corrected chi connectivity index (χ0v) is 12.7. The van der Waals surface area contributed by atoms with Crippen molar-refractivity contribution in [2.45, 2.75) is 18.8 Å². The van der Waals surface area contributed by atoms with Crippen molar-refractivity contribution in [2.24, 2.45) is 0 Å². The van der Waals surface area contributed by atoms with Gasteiger partial charge in [0.2, 0.25) is 0 Å². The molecule has 0 saturated carbocycles. The standard InChI is InChI=1S/C15H16FN7O/c16-10-3-4-22(8-10)14-2-1-13-19-7-12(23(13)21-14)15(24)20-11-5-17-9-18-6-11/h1-2,5-7,9-10,15,20,24H,3-4,8H2/t10-,15?/m0/s1. The summed E-state index contributed by atoms with van der Waals surface area (Å²) in [7, 11) is 0. The first-order valence-corrected chi connectivity index (χ1v) is 7.64. The number of aliphatic hydroxyl groups excluding tert-OH is 1. The molecule has 0 amide bonds. The highest BCUT2D eigenvalue weighted by Crippen LogP contribution is 2.22. The summed E-state index contributed by atoms with van der Waals surface area (Å²) in [4.78, 5) is 13.9. The number of hydrogen-bond acceptors (Lipinski definition) is 7. The second-order valence-electron chi connectivity index (χ2n) is 5.65. The van der Waals surface area contributed by atoms with Gasteiger partial charge < -0.3 is 15.3 Å². The molecule has 1 aliphatic heterocycles.